The van der Waals surface area contributed by atoms with Crippen LogP contribution in [-0.4, -0.2) is 3.21 Å². The van der Waals surface area contributed by atoms with Crippen LogP contribution in [0.5, 0.6) is 0 Å². The molecule has 4 aromatic rings. The van der Waals surface area contributed by atoms with Crippen LogP contribution in [0.25, 0.3) is 21.5 Å². The van der Waals surface area contributed by atoms with E-state index in [1.807, 2.05) is 13.8 Å². The van der Waals surface area contributed by atoms with E-state index < -0.39 is 18.9 Å². The molecule has 0 aliphatic heterocycles. The fraction of sp³-hybridized carbons (Fsp3) is 0.424. The van der Waals surface area contributed by atoms with E-state index in [1.54, 1.807) is 0 Å². The number of rotatable bonds is 10. The zero-order valence-corrected chi connectivity index (χ0v) is 26.7. The molecule has 196 valence electrons. The minimum absolute atomic E-state index is 1.24. The molecule has 0 aliphatic carbocycles. The monoisotopic (exact) mass is 600 g/mol. The summed E-state index contributed by atoms with van der Waals surface area (Å²) in [5.41, 5.74) is 3.01. The van der Waals surface area contributed by atoms with Gasteiger partial charge in [0.15, 0.2) is 0 Å². The Labute approximate surface area is 235 Å². The van der Waals surface area contributed by atoms with Crippen LogP contribution in [0.15, 0.2) is 72.8 Å². The summed E-state index contributed by atoms with van der Waals surface area (Å²) in [7, 11) is 11.1. The molecular weight excluding hydrogens is 558 g/mol. The molecule has 0 fully saturated rings. The second-order valence-electron chi connectivity index (χ2n) is 9.87. The zero-order chi connectivity index (χ0) is 26.2. The zero-order valence-electron chi connectivity index (χ0n) is 22.8. The second kappa shape index (κ2) is 18.3. The van der Waals surface area contributed by atoms with Crippen molar-refractivity contribution < 1.29 is 18.9 Å². The molecule has 0 nitrogen and oxygen atoms in total. The van der Waals surface area contributed by atoms with Crippen molar-refractivity contribution in [3.05, 3.63) is 83.9 Å². The van der Waals surface area contributed by atoms with Crippen LogP contribution in [0, 0.1) is 0 Å². The van der Waals surface area contributed by atoms with Gasteiger partial charge in [0, 0.05) is 0 Å². The number of fused-ring (bicyclic) bond motifs is 2. The van der Waals surface area contributed by atoms with E-state index in [0.29, 0.717) is 0 Å². The van der Waals surface area contributed by atoms with Gasteiger partial charge in [-0.25, -0.2) is 0 Å². The Morgan fingerprint density at radius 2 is 1.03 bits per heavy atom. The molecule has 4 aromatic carbocycles. The first-order chi connectivity index (χ1) is 17.4. The van der Waals surface area contributed by atoms with E-state index in [-0.39, 0.29) is 0 Å². The van der Waals surface area contributed by atoms with E-state index in [1.165, 1.54) is 100 Å². The molecule has 0 saturated heterocycles. The number of aryl methyl sites for hydroxylation is 2. The first-order valence-electron chi connectivity index (χ1n) is 13.7. The fourth-order valence-electron chi connectivity index (χ4n) is 4.23. The Hall–Kier alpha value is -1.01. The third-order valence-electron chi connectivity index (χ3n) is 6.37. The van der Waals surface area contributed by atoms with Crippen LogP contribution >= 0.6 is 17.0 Å². The molecular formula is C33H44Cl2Zr-2. The molecule has 0 spiro atoms. The number of hydrogen-bond acceptors (Lipinski definition) is 0. The standard InChI is InChI=1S/2C15H19.C3H6.2ClH.Zr/c2*1-2-3-4-5-8-13-11-14-9-6-7-10-15(14)12-13;1-3-2;;;/h2*6-7,9-12H,2-5,8H2,1H3;1-2H3;2*1H;/q2*-1;;;;+2/p-2. The van der Waals surface area contributed by atoms with Gasteiger partial charge in [0.1, 0.15) is 0 Å². The molecule has 0 aliphatic rings. The van der Waals surface area contributed by atoms with Crippen molar-refractivity contribution in [1.82, 2.24) is 0 Å². The van der Waals surface area contributed by atoms with Gasteiger partial charge in [-0.15, -0.1) is 81.2 Å². The first-order valence-corrected chi connectivity index (χ1v) is 21.3. The van der Waals surface area contributed by atoms with Gasteiger partial charge in [0.2, 0.25) is 0 Å². The predicted octanol–water partition coefficient (Wildman–Crippen LogP) is 11.5. The van der Waals surface area contributed by atoms with Crippen LogP contribution in [0.2, 0.25) is 0 Å². The summed E-state index contributed by atoms with van der Waals surface area (Å²) >= 11 is -1.84. The van der Waals surface area contributed by atoms with Gasteiger partial charge in [-0.05, 0) is 12.8 Å². The first kappa shape index (κ1) is 31.2. The van der Waals surface area contributed by atoms with Gasteiger partial charge in [-0.2, -0.15) is 12.1 Å². The molecule has 0 saturated carbocycles. The number of halogens is 2. The van der Waals surface area contributed by atoms with Gasteiger partial charge in [-0.1, -0.05) is 77.3 Å². The van der Waals surface area contributed by atoms with Gasteiger partial charge in [0.25, 0.3) is 0 Å². The third kappa shape index (κ3) is 12.0. The van der Waals surface area contributed by atoms with Crippen LogP contribution in [0.1, 0.15) is 90.2 Å². The molecule has 0 amide bonds. The van der Waals surface area contributed by atoms with Crippen LogP contribution < -0.4 is 0 Å². The summed E-state index contributed by atoms with van der Waals surface area (Å²) in [6.45, 7) is 8.48. The Balaban J connectivity index is 0.000000208. The molecule has 0 bridgehead atoms. The molecule has 0 unspecified atom stereocenters. The molecule has 3 heteroatoms. The van der Waals surface area contributed by atoms with Crippen molar-refractivity contribution in [3.63, 3.8) is 0 Å². The average Bonchev–Trinajstić information content (AvgIpc) is 3.48. The Bertz CT molecular complexity index is 999. The van der Waals surface area contributed by atoms with E-state index in [4.69, 9.17) is 17.0 Å². The van der Waals surface area contributed by atoms with Crippen LogP contribution in [0.3, 0.4) is 0 Å². The Morgan fingerprint density at radius 1 is 0.639 bits per heavy atom. The van der Waals surface area contributed by atoms with Crippen molar-refractivity contribution in [2.24, 2.45) is 0 Å². The van der Waals surface area contributed by atoms with Gasteiger partial charge < -0.3 is 0 Å². The summed E-state index contributed by atoms with van der Waals surface area (Å²) in [5, 5.41) is 5.57. The number of unbranched alkanes of at least 4 members (excludes halogenated alkanes) is 6. The van der Waals surface area contributed by atoms with Gasteiger partial charge >= 0.3 is 53.0 Å². The van der Waals surface area contributed by atoms with Crippen molar-refractivity contribution in [1.29, 1.82) is 0 Å². The molecule has 0 radical (unpaired) electrons. The normalized spacial score (nSPS) is 10.5. The summed E-state index contributed by atoms with van der Waals surface area (Å²) in [5.74, 6) is 0. The van der Waals surface area contributed by atoms with Gasteiger partial charge in [0.05, 0.1) is 0 Å². The Morgan fingerprint density at radius 3 is 1.36 bits per heavy atom. The summed E-state index contributed by atoms with van der Waals surface area (Å²) in [6.07, 6.45) is 13.3. The molecule has 0 atom stereocenters. The average molecular weight is 603 g/mol. The second-order valence-corrected chi connectivity index (χ2v) is 19.2. The number of hydrogen-bond donors (Lipinski definition) is 0. The third-order valence-corrected chi connectivity index (χ3v) is 12.7. The summed E-state index contributed by atoms with van der Waals surface area (Å²) in [4.78, 5) is 0. The van der Waals surface area contributed by atoms with Crippen LogP contribution in [-0.2, 0) is 31.7 Å². The SMILES string of the molecule is CCCCCCc1cc2ccccc2[cH-]1.CCCCCCc1cc2ccccc2[cH-]1.C[C](C)=[Zr]([Cl])[Cl]. The van der Waals surface area contributed by atoms with Gasteiger partial charge in [-0.3, -0.25) is 0 Å². The molecule has 0 heterocycles. The van der Waals surface area contributed by atoms with Crippen molar-refractivity contribution in [2.45, 2.75) is 91.9 Å². The van der Waals surface area contributed by atoms with Crippen molar-refractivity contribution in [3.8, 4) is 0 Å². The van der Waals surface area contributed by atoms with E-state index in [0.717, 1.165) is 0 Å². The predicted molar refractivity (Wildman–Crippen MR) is 163 cm³/mol. The maximum atomic E-state index is 5.54. The van der Waals surface area contributed by atoms with Crippen LogP contribution in [0.4, 0.5) is 0 Å². The number of benzene rings is 2. The Kier molecular flexibility index (Phi) is 15.8. The van der Waals surface area contributed by atoms with Crippen molar-refractivity contribution in [2.75, 3.05) is 0 Å². The van der Waals surface area contributed by atoms with E-state index >= 15 is 0 Å². The fourth-order valence-corrected chi connectivity index (χ4v) is 4.23. The van der Waals surface area contributed by atoms with E-state index in [9.17, 15) is 0 Å². The molecule has 0 N–H and O–H groups in total. The summed E-state index contributed by atoms with van der Waals surface area (Å²) in [6, 6.07) is 26.6. The quantitative estimate of drug-likeness (QED) is 0.125. The van der Waals surface area contributed by atoms with Crippen molar-refractivity contribution >= 4 is 41.8 Å². The summed E-state index contributed by atoms with van der Waals surface area (Å²) < 4.78 is 1.24. The minimum atomic E-state index is -1.84. The molecule has 36 heavy (non-hydrogen) atoms. The van der Waals surface area contributed by atoms with E-state index in [2.05, 4.69) is 86.6 Å². The maximum absolute atomic E-state index is 5.54. The molecule has 4 rings (SSSR count). The molecule has 0 aromatic heterocycles. The topological polar surface area (TPSA) is 0 Å².